The van der Waals surface area contributed by atoms with Crippen LogP contribution in [0.5, 0.6) is 0 Å². The molecule has 0 unspecified atom stereocenters. The largest absolute Gasteiger partial charge is 0.397 e. The number of hydrogen-bond donors (Lipinski definition) is 2. The number of amides is 1. The van der Waals surface area contributed by atoms with Gasteiger partial charge in [0.1, 0.15) is 5.82 Å². The van der Waals surface area contributed by atoms with Crippen LogP contribution in [0.2, 0.25) is 0 Å². The summed E-state index contributed by atoms with van der Waals surface area (Å²) in [7, 11) is 0. The average Bonchev–Trinajstić information content (AvgIpc) is 2.08. The molecule has 4 N–H and O–H groups in total. The Morgan fingerprint density at radius 2 is 2.14 bits per heavy atom. The van der Waals surface area contributed by atoms with Gasteiger partial charge in [-0.05, 0) is 24.6 Å². The number of halogens is 1. The van der Waals surface area contributed by atoms with E-state index in [0.717, 1.165) is 6.07 Å². The van der Waals surface area contributed by atoms with Crippen LogP contribution in [0.25, 0.3) is 0 Å². The van der Waals surface area contributed by atoms with Crippen LogP contribution in [0, 0.1) is 24.6 Å². The molecule has 0 aliphatic heterocycles. The summed E-state index contributed by atoms with van der Waals surface area (Å²) in [6, 6.07) is 2.46. The first kappa shape index (κ1) is 10.1. The maximum atomic E-state index is 12.9. The van der Waals surface area contributed by atoms with Crippen LogP contribution in [0.4, 0.5) is 10.1 Å². The molecule has 14 heavy (non-hydrogen) atoms. The minimum Gasteiger partial charge on any atom is -0.397 e. The van der Waals surface area contributed by atoms with Crippen LogP contribution < -0.4 is 11.5 Å². The Hall–Kier alpha value is -2.02. The fourth-order valence-electron chi connectivity index (χ4n) is 0.987. The summed E-state index contributed by atoms with van der Waals surface area (Å²) in [5, 5.41) is 0. The zero-order chi connectivity index (χ0) is 10.7. The molecule has 0 heterocycles. The lowest BCUT2D eigenvalue weighted by Crippen LogP contribution is -2.06. The molecule has 3 nitrogen and oxygen atoms in total. The molecule has 0 atom stereocenters. The van der Waals surface area contributed by atoms with E-state index >= 15 is 0 Å². The molecular weight excluding hydrogens is 183 g/mol. The first-order valence-corrected chi connectivity index (χ1v) is 3.88. The Morgan fingerprint density at radius 3 is 2.71 bits per heavy atom. The van der Waals surface area contributed by atoms with Crippen molar-refractivity contribution < 1.29 is 9.18 Å². The van der Waals surface area contributed by atoms with Gasteiger partial charge in [-0.3, -0.25) is 4.79 Å². The smallest absolute Gasteiger partial charge is 0.293 e. The molecule has 0 spiro atoms. The Balaban J connectivity index is 3.23. The van der Waals surface area contributed by atoms with Gasteiger partial charge in [-0.15, -0.1) is 0 Å². The molecule has 0 aromatic heterocycles. The first-order valence-electron chi connectivity index (χ1n) is 3.88. The molecule has 72 valence electrons. The van der Waals surface area contributed by atoms with Crippen LogP contribution in [-0.2, 0) is 4.79 Å². The van der Waals surface area contributed by atoms with Gasteiger partial charge in [0.2, 0.25) is 0 Å². The molecule has 1 amide bonds. The fraction of sp³-hybridized carbons (Fsp3) is 0.100. The second kappa shape index (κ2) is 3.79. The molecule has 0 bridgehead atoms. The summed E-state index contributed by atoms with van der Waals surface area (Å²) in [5.74, 6) is 3.29. The number of aryl methyl sites for hydroxylation is 1. The highest BCUT2D eigenvalue weighted by Crippen LogP contribution is 2.17. The number of rotatable bonds is 0. The maximum Gasteiger partial charge on any atom is 0.293 e. The van der Waals surface area contributed by atoms with Gasteiger partial charge in [-0.2, -0.15) is 0 Å². The Morgan fingerprint density at radius 1 is 1.50 bits per heavy atom. The number of hydrogen-bond acceptors (Lipinski definition) is 2. The number of primary amides is 1. The molecule has 0 fully saturated rings. The monoisotopic (exact) mass is 192 g/mol. The second-order valence-electron chi connectivity index (χ2n) is 2.80. The lowest BCUT2D eigenvalue weighted by atomic mass is 10.1. The van der Waals surface area contributed by atoms with Gasteiger partial charge in [0.05, 0.1) is 11.3 Å². The summed E-state index contributed by atoms with van der Waals surface area (Å²) in [6.07, 6.45) is 0. The zero-order valence-electron chi connectivity index (χ0n) is 7.60. The van der Waals surface area contributed by atoms with Gasteiger partial charge >= 0.3 is 0 Å². The Kier molecular flexibility index (Phi) is 2.73. The highest BCUT2D eigenvalue weighted by molar-refractivity contribution is 5.92. The van der Waals surface area contributed by atoms with Crippen molar-refractivity contribution in [1.29, 1.82) is 0 Å². The van der Waals surface area contributed by atoms with E-state index in [9.17, 15) is 9.18 Å². The number of benzene rings is 1. The van der Waals surface area contributed by atoms with Gasteiger partial charge in [0.15, 0.2) is 0 Å². The summed E-state index contributed by atoms with van der Waals surface area (Å²) >= 11 is 0. The molecule has 0 aliphatic rings. The first-order chi connectivity index (χ1) is 6.50. The summed E-state index contributed by atoms with van der Waals surface area (Å²) in [6.45, 7) is 1.66. The summed E-state index contributed by atoms with van der Waals surface area (Å²) in [5.41, 5.74) is 11.7. The molecule has 1 aromatic rings. The minimum atomic E-state index is -0.772. The van der Waals surface area contributed by atoms with Crippen molar-refractivity contribution in [3.8, 4) is 11.8 Å². The zero-order valence-corrected chi connectivity index (χ0v) is 7.60. The van der Waals surface area contributed by atoms with Crippen molar-refractivity contribution in [2.75, 3.05) is 5.73 Å². The van der Waals surface area contributed by atoms with Crippen molar-refractivity contribution in [1.82, 2.24) is 0 Å². The Labute approximate surface area is 80.9 Å². The van der Waals surface area contributed by atoms with E-state index in [4.69, 9.17) is 11.5 Å². The van der Waals surface area contributed by atoms with Crippen LogP contribution >= 0.6 is 0 Å². The minimum absolute atomic E-state index is 0.279. The average molecular weight is 192 g/mol. The molecule has 0 saturated heterocycles. The molecule has 1 aromatic carbocycles. The predicted octanol–water partition coefficient (Wildman–Crippen LogP) is 0.553. The van der Waals surface area contributed by atoms with Crippen molar-refractivity contribution in [3.05, 3.63) is 29.1 Å². The third-order valence-corrected chi connectivity index (χ3v) is 1.67. The van der Waals surface area contributed by atoms with Gasteiger partial charge in [-0.1, -0.05) is 5.92 Å². The van der Waals surface area contributed by atoms with Gasteiger partial charge in [-0.25, -0.2) is 4.39 Å². The number of anilines is 1. The van der Waals surface area contributed by atoms with Crippen LogP contribution in [0.1, 0.15) is 11.1 Å². The molecule has 0 saturated carbocycles. The number of nitrogens with two attached hydrogens (primary N) is 2. The molecule has 0 aliphatic carbocycles. The topological polar surface area (TPSA) is 69.1 Å². The van der Waals surface area contributed by atoms with Crippen LogP contribution in [0.15, 0.2) is 12.1 Å². The van der Waals surface area contributed by atoms with E-state index in [0.29, 0.717) is 11.3 Å². The van der Waals surface area contributed by atoms with Gasteiger partial charge in [0.25, 0.3) is 5.91 Å². The van der Waals surface area contributed by atoms with E-state index in [1.54, 1.807) is 6.92 Å². The van der Waals surface area contributed by atoms with E-state index in [-0.39, 0.29) is 5.56 Å². The molecule has 0 radical (unpaired) electrons. The quantitative estimate of drug-likeness (QED) is 0.465. The fourth-order valence-corrected chi connectivity index (χ4v) is 0.987. The van der Waals surface area contributed by atoms with E-state index < -0.39 is 11.7 Å². The molecular formula is C10H9FN2O. The summed E-state index contributed by atoms with van der Waals surface area (Å²) in [4.78, 5) is 10.4. The lowest BCUT2D eigenvalue weighted by Gasteiger charge is -2.02. The van der Waals surface area contributed by atoms with E-state index in [1.165, 1.54) is 6.07 Å². The second-order valence-corrected chi connectivity index (χ2v) is 2.80. The van der Waals surface area contributed by atoms with Crippen molar-refractivity contribution in [2.24, 2.45) is 5.73 Å². The third kappa shape index (κ3) is 2.23. The maximum absolute atomic E-state index is 12.9. The number of nitrogen functional groups attached to an aromatic ring is 1. The van der Waals surface area contributed by atoms with Gasteiger partial charge < -0.3 is 11.5 Å². The molecule has 4 heteroatoms. The SMILES string of the molecule is Cc1cc(F)cc(C#CC(N)=O)c1N. The standard InChI is InChI=1S/C10H9FN2O/c1-6-4-8(11)5-7(10(6)13)2-3-9(12)14/h4-5H,13H2,1H3,(H2,12,14). The normalized spacial score (nSPS) is 9.00. The summed E-state index contributed by atoms with van der Waals surface area (Å²) < 4.78 is 12.9. The van der Waals surface area contributed by atoms with Gasteiger partial charge in [0, 0.05) is 5.92 Å². The van der Waals surface area contributed by atoms with E-state index in [2.05, 4.69) is 11.8 Å². The highest BCUT2D eigenvalue weighted by Gasteiger charge is 2.02. The Bertz CT molecular complexity index is 443. The van der Waals surface area contributed by atoms with Crippen molar-refractivity contribution >= 4 is 11.6 Å². The van der Waals surface area contributed by atoms with Crippen LogP contribution in [0.3, 0.4) is 0 Å². The molecule has 1 rings (SSSR count). The van der Waals surface area contributed by atoms with Crippen molar-refractivity contribution in [3.63, 3.8) is 0 Å². The highest BCUT2D eigenvalue weighted by atomic mass is 19.1. The van der Waals surface area contributed by atoms with Crippen molar-refractivity contribution in [2.45, 2.75) is 6.92 Å². The predicted molar refractivity (Wildman–Crippen MR) is 51.6 cm³/mol. The van der Waals surface area contributed by atoms with E-state index in [1.807, 2.05) is 0 Å². The third-order valence-electron chi connectivity index (χ3n) is 1.67. The number of carbonyl (C=O) groups is 1. The van der Waals surface area contributed by atoms with Crippen LogP contribution in [-0.4, -0.2) is 5.91 Å². The lowest BCUT2D eigenvalue weighted by molar-refractivity contribution is -0.112. The number of carbonyl (C=O) groups excluding carboxylic acids is 1.